The molecule has 25 heavy (non-hydrogen) atoms. The number of terminal acetylenes is 1. The first-order valence-electron chi connectivity index (χ1n) is 8.08. The molecular weight excluding hydrogens is 342 g/mol. The highest BCUT2D eigenvalue weighted by Gasteiger charge is 2.60. The summed E-state index contributed by atoms with van der Waals surface area (Å²) in [5.41, 5.74) is 0.349. The summed E-state index contributed by atoms with van der Waals surface area (Å²) in [6.45, 7) is 0.0324. The lowest BCUT2D eigenvalue weighted by Crippen LogP contribution is -2.33. The van der Waals surface area contributed by atoms with Crippen molar-refractivity contribution in [3.63, 3.8) is 0 Å². The van der Waals surface area contributed by atoms with Crippen molar-refractivity contribution in [2.24, 2.45) is 7.05 Å². The van der Waals surface area contributed by atoms with Gasteiger partial charge < -0.3 is 9.30 Å². The molecule has 2 fully saturated rings. The Balaban J connectivity index is 1.70. The molecule has 4 rings (SSSR count). The number of hydrogen-bond donors (Lipinski definition) is 0. The summed E-state index contributed by atoms with van der Waals surface area (Å²) in [6.07, 6.45) is 9.53. The minimum atomic E-state index is -3.17. The number of nitrogens with zero attached hydrogens (tertiary/aromatic N) is 3. The predicted octanol–water partition coefficient (Wildman–Crippen LogP) is 0.798. The second kappa shape index (κ2) is 5.30. The molecule has 2 heterocycles. The van der Waals surface area contributed by atoms with E-state index in [0.717, 1.165) is 12.8 Å². The molecule has 0 N–H and O–H groups in total. The summed E-state index contributed by atoms with van der Waals surface area (Å²) < 4.78 is 31.5. The van der Waals surface area contributed by atoms with Gasteiger partial charge in [-0.3, -0.25) is 4.79 Å². The molecule has 0 atom stereocenters. The Morgan fingerprint density at radius 1 is 1.44 bits per heavy atom. The van der Waals surface area contributed by atoms with Gasteiger partial charge in [0.1, 0.15) is 16.9 Å². The Labute approximate surface area is 144 Å². The van der Waals surface area contributed by atoms with Crippen LogP contribution in [0.3, 0.4) is 0 Å². The van der Waals surface area contributed by atoms with Gasteiger partial charge in [-0.1, -0.05) is 5.92 Å². The molecule has 2 aromatic rings. The van der Waals surface area contributed by atoms with E-state index in [1.54, 1.807) is 13.1 Å². The molecule has 2 aliphatic rings. The lowest BCUT2D eigenvalue weighted by molar-refractivity contribution is 0.293. The molecule has 8 heteroatoms. The molecular formula is C17H17N3O4S. The molecule has 0 aliphatic heterocycles. The van der Waals surface area contributed by atoms with Gasteiger partial charge in [0.05, 0.1) is 17.0 Å². The largest absolute Gasteiger partial charge is 0.473 e. The van der Waals surface area contributed by atoms with E-state index < -0.39 is 14.6 Å². The summed E-state index contributed by atoms with van der Waals surface area (Å²) in [5.74, 6) is 2.50. The van der Waals surface area contributed by atoms with Gasteiger partial charge in [0.15, 0.2) is 9.84 Å². The van der Waals surface area contributed by atoms with Crippen molar-refractivity contribution in [1.29, 1.82) is 0 Å². The van der Waals surface area contributed by atoms with Crippen molar-refractivity contribution >= 4 is 20.7 Å². The van der Waals surface area contributed by atoms with Gasteiger partial charge in [-0.25, -0.2) is 8.42 Å². The molecule has 0 unspecified atom stereocenters. The summed E-state index contributed by atoms with van der Waals surface area (Å²) in [6, 6.07) is 1.56. The first-order chi connectivity index (χ1) is 11.9. The van der Waals surface area contributed by atoms with Crippen molar-refractivity contribution in [1.82, 2.24) is 14.8 Å². The minimum absolute atomic E-state index is 0.0324. The van der Waals surface area contributed by atoms with Gasteiger partial charge in [0.25, 0.3) is 11.4 Å². The van der Waals surface area contributed by atoms with E-state index in [2.05, 4.69) is 16.1 Å². The second-order valence-electron chi connectivity index (χ2n) is 6.74. The van der Waals surface area contributed by atoms with Gasteiger partial charge in [-0.15, -0.1) is 11.5 Å². The summed E-state index contributed by atoms with van der Waals surface area (Å²) in [5, 5.41) is 8.24. The number of aromatic nitrogens is 3. The lowest BCUT2D eigenvalue weighted by Gasteiger charge is -2.17. The highest BCUT2D eigenvalue weighted by Crippen LogP contribution is 2.50. The van der Waals surface area contributed by atoms with Crippen molar-refractivity contribution in [2.75, 3.05) is 6.61 Å². The summed E-state index contributed by atoms with van der Waals surface area (Å²) in [7, 11) is -1.60. The zero-order valence-electron chi connectivity index (χ0n) is 13.7. The third-order valence-corrected chi connectivity index (χ3v) is 8.08. The Morgan fingerprint density at radius 3 is 2.76 bits per heavy atom. The monoisotopic (exact) mass is 359 g/mol. The Morgan fingerprint density at radius 2 is 2.16 bits per heavy atom. The van der Waals surface area contributed by atoms with Crippen LogP contribution in [0, 0.1) is 12.3 Å². The summed E-state index contributed by atoms with van der Waals surface area (Å²) >= 11 is 0. The maximum Gasteiger partial charge on any atom is 0.266 e. The highest BCUT2D eigenvalue weighted by atomic mass is 32.2. The van der Waals surface area contributed by atoms with E-state index in [1.165, 1.54) is 10.8 Å². The van der Waals surface area contributed by atoms with E-state index in [9.17, 15) is 13.2 Å². The predicted molar refractivity (Wildman–Crippen MR) is 92.1 cm³/mol. The fourth-order valence-electron chi connectivity index (χ4n) is 3.10. The molecule has 0 spiro atoms. The minimum Gasteiger partial charge on any atom is -0.473 e. The molecule has 130 valence electrons. The third-order valence-electron chi connectivity index (χ3n) is 4.99. The molecule has 7 nitrogen and oxygen atoms in total. The van der Waals surface area contributed by atoms with Crippen LogP contribution in [0.2, 0.25) is 0 Å². The topological polar surface area (TPSA) is 91.2 Å². The Hall–Kier alpha value is -2.40. The fourth-order valence-corrected chi connectivity index (χ4v) is 5.46. The fraction of sp³-hybridized carbons (Fsp3) is 0.471. The van der Waals surface area contributed by atoms with Crippen molar-refractivity contribution in [2.45, 2.75) is 35.7 Å². The van der Waals surface area contributed by atoms with Crippen LogP contribution in [0.4, 0.5) is 0 Å². The van der Waals surface area contributed by atoms with Crippen LogP contribution in [0.15, 0.2) is 17.1 Å². The number of fused-ring (bicyclic) bond motifs is 1. The second-order valence-corrected chi connectivity index (χ2v) is 9.36. The van der Waals surface area contributed by atoms with Crippen molar-refractivity contribution in [3.8, 4) is 18.2 Å². The number of pyridine rings is 1. The average molecular weight is 359 g/mol. The summed E-state index contributed by atoms with van der Waals surface area (Å²) in [4.78, 5) is 12.3. The van der Waals surface area contributed by atoms with Crippen LogP contribution in [0.25, 0.3) is 10.9 Å². The Kier molecular flexibility index (Phi) is 3.41. The first-order valence-corrected chi connectivity index (χ1v) is 9.62. The first kappa shape index (κ1) is 16.1. The van der Waals surface area contributed by atoms with E-state index in [4.69, 9.17) is 11.2 Å². The van der Waals surface area contributed by atoms with Crippen LogP contribution >= 0.6 is 0 Å². The van der Waals surface area contributed by atoms with Crippen molar-refractivity contribution < 1.29 is 13.2 Å². The third kappa shape index (κ3) is 2.42. The van der Waals surface area contributed by atoms with E-state index in [-0.39, 0.29) is 28.9 Å². The molecule has 0 bridgehead atoms. The van der Waals surface area contributed by atoms with Crippen molar-refractivity contribution in [3.05, 3.63) is 28.2 Å². The molecule has 0 amide bonds. The molecule has 0 radical (unpaired) electrons. The average Bonchev–Trinajstić information content (AvgIpc) is 3.48. The number of ether oxygens (including phenoxy) is 1. The van der Waals surface area contributed by atoms with Crippen LogP contribution in [-0.2, 0) is 16.9 Å². The van der Waals surface area contributed by atoms with Gasteiger partial charge in [-0.05, 0) is 31.7 Å². The van der Waals surface area contributed by atoms with E-state index in [1.807, 2.05) is 0 Å². The highest BCUT2D eigenvalue weighted by molar-refractivity contribution is 7.94. The number of rotatable bonds is 5. The number of hydrogen-bond acceptors (Lipinski definition) is 6. The standard InChI is InChI=1S/C17H17N3O4S/c1-3-11-8-12-9-18-19-15(14(12)20(2)16(11)21)24-10-17(6-7-17)25(22,23)13-4-5-13/h1,8-9,13H,4-7,10H2,2H3. The normalized spacial score (nSPS) is 18.7. The zero-order valence-corrected chi connectivity index (χ0v) is 14.5. The molecule has 0 saturated heterocycles. The SMILES string of the molecule is C#Cc1cc2cnnc(OCC3(S(=O)(=O)C4CC4)CC3)c2n(C)c1=O. The van der Waals surface area contributed by atoms with E-state index >= 15 is 0 Å². The smallest absolute Gasteiger partial charge is 0.266 e. The molecule has 2 aromatic heterocycles. The number of sulfone groups is 1. The molecule has 2 saturated carbocycles. The number of aryl methyl sites for hydroxylation is 1. The van der Waals surface area contributed by atoms with Crippen LogP contribution in [-0.4, -0.2) is 39.8 Å². The Bertz CT molecular complexity index is 1070. The van der Waals surface area contributed by atoms with E-state index in [0.29, 0.717) is 23.7 Å². The van der Waals surface area contributed by atoms with Gasteiger partial charge in [0.2, 0.25) is 0 Å². The maximum atomic E-state index is 12.6. The van der Waals surface area contributed by atoms with Gasteiger partial charge in [0, 0.05) is 12.4 Å². The van der Waals surface area contributed by atoms with Crippen LogP contribution in [0.1, 0.15) is 31.2 Å². The van der Waals surface area contributed by atoms with Gasteiger partial charge in [-0.2, -0.15) is 5.10 Å². The zero-order chi connectivity index (χ0) is 17.8. The quantitative estimate of drug-likeness (QED) is 0.734. The lowest BCUT2D eigenvalue weighted by atomic mass is 10.2. The molecule has 0 aromatic carbocycles. The molecule has 2 aliphatic carbocycles. The van der Waals surface area contributed by atoms with Crippen LogP contribution in [0.5, 0.6) is 5.88 Å². The van der Waals surface area contributed by atoms with Crippen LogP contribution < -0.4 is 10.3 Å². The maximum absolute atomic E-state index is 12.6. The van der Waals surface area contributed by atoms with Gasteiger partial charge >= 0.3 is 0 Å².